The van der Waals surface area contributed by atoms with Crippen molar-refractivity contribution < 1.29 is 4.74 Å². The van der Waals surface area contributed by atoms with Crippen LogP contribution in [0.5, 0.6) is 11.5 Å². The second-order valence-electron chi connectivity index (χ2n) is 13.0. The third-order valence-electron chi connectivity index (χ3n) is 10.8. The number of allylic oxidation sites excluding steroid dienone is 2. The molecule has 2 atom stereocenters. The van der Waals surface area contributed by atoms with Gasteiger partial charge in [0, 0.05) is 27.8 Å². The quantitative estimate of drug-likeness (QED) is 0.187. The van der Waals surface area contributed by atoms with E-state index in [1.165, 1.54) is 50.2 Å². The lowest BCUT2D eigenvalue weighted by molar-refractivity contribution is 0.438. The molecule has 220 valence electrons. The fourth-order valence-electron chi connectivity index (χ4n) is 8.91. The van der Waals surface area contributed by atoms with Crippen LogP contribution in [0.25, 0.3) is 33.4 Å². The first-order valence-electron chi connectivity index (χ1n) is 16.4. The molecular formula is C44H28N2O. The van der Waals surface area contributed by atoms with E-state index in [1.807, 2.05) is 0 Å². The molecule has 3 aliphatic heterocycles. The molecule has 5 aliphatic rings. The summed E-state index contributed by atoms with van der Waals surface area (Å²) in [5.41, 5.74) is 14.1. The number of nitrogens with zero attached hydrogens (tertiary/aromatic N) is 2. The SMILES string of the molecule is C1=CC2N=C3c4cc(-c5cccc6c5Oc5ccccc5C65c6ccccc6-c6ccccc65)ccc4-c4ccccc4N3C2C=C1. The maximum atomic E-state index is 6.98. The van der Waals surface area contributed by atoms with E-state index in [-0.39, 0.29) is 12.1 Å². The lowest BCUT2D eigenvalue weighted by Crippen LogP contribution is -2.41. The van der Waals surface area contributed by atoms with Gasteiger partial charge in [0.2, 0.25) is 0 Å². The summed E-state index contributed by atoms with van der Waals surface area (Å²) >= 11 is 0. The number of fused-ring (bicyclic) bond motifs is 17. The van der Waals surface area contributed by atoms with Gasteiger partial charge in [0.1, 0.15) is 17.3 Å². The van der Waals surface area contributed by atoms with Crippen LogP contribution in [0.2, 0.25) is 0 Å². The summed E-state index contributed by atoms with van der Waals surface area (Å²) in [7, 11) is 0. The van der Waals surface area contributed by atoms with E-state index in [0.29, 0.717) is 0 Å². The Morgan fingerprint density at radius 3 is 2.02 bits per heavy atom. The fourth-order valence-corrected chi connectivity index (χ4v) is 8.91. The van der Waals surface area contributed by atoms with Crippen LogP contribution in [0, 0.1) is 0 Å². The lowest BCUT2D eigenvalue weighted by atomic mass is 9.65. The third-order valence-corrected chi connectivity index (χ3v) is 10.8. The topological polar surface area (TPSA) is 24.8 Å². The number of para-hydroxylation sites is 3. The number of amidine groups is 1. The lowest BCUT2D eigenvalue weighted by Gasteiger charge is -2.40. The Kier molecular flexibility index (Phi) is 4.89. The molecule has 0 N–H and O–H groups in total. The highest BCUT2D eigenvalue weighted by Gasteiger charge is 2.51. The van der Waals surface area contributed by atoms with Crippen molar-refractivity contribution in [3.8, 4) is 44.9 Å². The Hall–Kier alpha value is -5.93. The molecule has 2 unspecified atom stereocenters. The minimum Gasteiger partial charge on any atom is -0.456 e. The standard InChI is InChI=1S/C44H28N2O/c1-4-16-34-30(12-1)31-13-2-5-17-35(31)44(34)36-18-6-10-23-41(36)47-42-28(15-11-19-37(42)44)27-24-25-29-32-14-3-8-21-39(32)46-40-22-9-7-20-38(40)45-43(46)33(29)26-27/h1-26,38,40H. The Labute approximate surface area is 273 Å². The number of ether oxygens (including phenoxy) is 1. The van der Waals surface area contributed by atoms with Gasteiger partial charge < -0.3 is 9.64 Å². The molecule has 6 aromatic rings. The largest absolute Gasteiger partial charge is 0.456 e. The fraction of sp³-hybridized carbons (Fsp3) is 0.0682. The Bertz CT molecular complexity index is 2390. The summed E-state index contributed by atoms with van der Waals surface area (Å²) < 4.78 is 6.98. The van der Waals surface area contributed by atoms with Gasteiger partial charge in [-0.15, -0.1) is 0 Å². The van der Waals surface area contributed by atoms with Crippen LogP contribution in [-0.2, 0) is 5.41 Å². The van der Waals surface area contributed by atoms with Gasteiger partial charge in [0.15, 0.2) is 0 Å². The molecule has 3 nitrogen and oxygen atoms in total. The molecule has 2 aliphatic carbocycles. The summed E-state index contributed by atoms with van der Waals surface area (Å²) in [6.45, 7) is 0. The highest BCUT2D eigenvalue weighted by atomic mass is 16.5. The molecule has 3 heterocycles. The highest BCUT2D eigenvalue weighted by Crippen LogP contribution is 2.63. The normalized spacial score (nSPS) is 19.3. The van der Waals surface area contributed by atoms with Crippen molar-refractivity contribution in [1.82, 2.24) is 0 Å². The minimum absolute atomic E-state index is 0.101. The number of aliphatic imine (C=N–C) groups is 1. The zero-order valence-electron chi connectivity index (χ0n) is 25.5. The molecular weight excluding hydrogens is 572 g/mol. The molecule has 3 heteroatoms. The van der Waals surface area contributed by atoms with Crippen LogP contribution in [0.15, 0.2) is 163 Å². The van der Waals surface area contributed by atoms with Crippen molar-refractivity contribution in [2.75, 3.05) is 4.90 Å². The molecule has 0 fully saturated rings. The predicted octanol–water partition coefficient (Wildman–Crippen LogP) is 9.93. The van der Waals surface area contributed by atoms with Gasteiger partial charge in [-0.3, -0.25) is 4.99 Å². The average Bonchev–Trinajstić information content (AvgIpc) is 3.67. The Balaban J connectivity index is 1.17. The molecule has 0 saturated carbocycles. The van der Waals surface area contributed by atoms with E-state index in [9.17, 15) is 0 Å². The van der Waals surface area contributed by atoms with Gasteiger partial charge in [0.05, 0.1) is 23.2 Å². The van der Waals surface area contributed by atoms with E-state index in [2.05, 4.69) is 163 Å². The molecule has 0 bridgehead atoms. The van der Waals surface area contributed by atoms with E-state index < -0.39 is 5.41 Å². The summed E-state index contributed by atoms with van der Waals surface area (Å²) in [6.07, 6.45) is 8.77. The van der Waals surface area contributed by atoms with Crippen molar-refractivity contribution in [3.05, 3.63) is 186 Å². The van der Waals surface area contributed by atoms with Crippen molar-refractivity contribution in [2.45, 2.75) is 17.5 Å². The van der Waals surface area contributed by atoms with Gasteiger partial charge >= 0.3 is 0 Å². The summed E-state index contributed by atoms with van der Waals surface area (Å²) in [5.74, 6) is 2.86. The summed E-state index contributed by atoms with van der Waals surface area (Å²) in [4.78, 5) is 7.74. The molecule has 0 saturated heterocycles. The van der Waals surface area contributed by atoms with Crippen molar-refractivity contribution in [1.29, 1.82) is 0 Å². The third kappa shape index (κ3) is 3.14. The van der Waals surface area contributed by atoms with Gasteiger partial charge in [-0.2, -0.15) is 0 Å². The van der Waals surface area contributed by atoms with E-state index in [4.69, 9.17) is 9.73 Å². The minimum atomic E-state index is -0.485. The molecule has 47 heavy (non-hydrogen) atoms. The van der Waals surface area contributed by atoms with Gasteiger partial charge in [-0.1, -0.05) is 140 Å². The van der Waals surface area contributed by atoms with Gasteiger partial charge in [-0.05, 0) is 51.6 Å². The van der Waals surface area contributed by atoms with Crippen LogP contribution in [0.3, 0.4) is 0 Å². The Morgan fingerprint density at radius 1 is 0.532 bits per heavy atom. The van der Waals surface area contributed by atoms with Crippen LogP contribution in [0.4, 0.5) is 5.69 Å². The average molecular weight is 601 g/mol. The first-order valence-corrected chi connectivity index (χ1v) is 16.4. The number of rotatable bonds is 1. The van der Waals surface area contributed by atoms with E-state index in [1.54, 1.807) is 0 Å². The van der Waals surface area contributed by atoms with Crippen molar-refractivity contribution in [2.24, 2.45) is 4.99 Å². The first-order chi connectivity index (χ1) is 23.3. The smallest absolute Gasteiger partial charge is 0.140 e. The number of hydrogen-bond donors (Lipinski definition) is 0. The highest BCUT2D eigenvalue weighted by molar-refractivity contribution is 6.21. The number of hydrogen-bond acceptors (Lipinski definition) is 3. The van der Waals surface area contributed by atoms with Crippen LogP contribution < -0.4 is 9.64 Å². The molecule has 0 radical (unpaired) electrons. The first kappa shape index (κ1) is 25.3. The molecule has 11 rings (SSSR count). The molecule has 0 aromatic heterocycles. The van der Waals surface area contributed by atoms with Crippen molar-refractivity contribution >= 4 is 11.5 Å². The van der Waals surface area contributed by atoms with Crippen LogP contribution >= 0.6 is 0 Å². The maximum Gasteiger partial charge on any atom is 0.140 e. The van der Waals surface area contributed by atoms with Crippen LogP contribution in [0.1, 0.15) is 27.8 Å². The predicted molar refractivity (Wildman–Crippen MR) is 190 cm³/mol. The second-order valence-corrected chi connectivity index (χ2v) is 13.0. The van der Waals surface area contributed by atoms with E-state index in [0.717, 1.165) is 34.0 Å². The zero-order chi connectivity index (χ0) is 30.7. The molecule has 6 aromatic carbocycles. The summed E-state index contributed by atoms with van der Waals surface area (Å²) in [6, 6.07) is 49.0. The van der Waals surface area contributed by atoms with E-state index >= 15 is 0 Å². The Morgan fingerprint density at radius 2 is 1.19 bits per heavy atom. The maximum absolute atomic E-state index is 6.98. The van der Waals surface area contributed by atoms with Crippen molar-refractivity contribution in [3.63, 3.8) is 0 Å². The number of benzene rings is 6. The van der Waals surface area contributed by atoms with Crippen LogP contribution in [-0.4, -0.2) is 17.9 Å². The monoisotopic (exact) mass is 600 g/mol. The molecule has 1 spiro atoms. The zero-order valence-corrected chi connectivity index (χ0v) is 25.5. The number of anilines is 1. The van der Waals surface area contributed by atoms with Gasteiger partial charge in [0.25, 0.3) is 0 Å². The summed E-state index contributed by atoms with van der Waals surface area (Å²) in [5, 5.41) is 0. The molecule has 0 amide bonds. The second kappa shape index (κ2) is 9.08. The van der Waals surface area contributed by atoms with Gasteiger partial charge in [-0.25, -0.2) is 0 Å².